The minimum Gasteiger partial charge on any atom is -0.325 e. The van der Waals surface area contributed by atoms with Crippen LogP contribution >= 0.6 is 0 Å². The second-order valence-electron chi connectivity index (χ2n) is 7.06. The third-order valence-corrected chi connectivity index (χ3v) is 4.39. The van der Waals surface area contributed by atoms with Gasteiger partial charge in [0.1, 0.15) is 0 Å². The van der Waals surface area contributed by atoms with Gasteiger partial charge in [0.05, 0.1) is 5.69 Å². The first-order valence-corrected chi connectivity index (χ1v) is 6.93. The molecule has 0 radical (unpaired) electrons. The average Bonchev–Trinajstić information content (AvgIpc) is 2.62. The second kappa shape index (κ2) is 4.65. The van der Waals surface area contributed by atoms with Gasteiger partial charge in [-0.3, -0.25) is 4.68 Å². The van der Waals surface area contributed by atoms with Gasteiger partial charge in [0.25, 0.3) is 0 Å². The molecule has 1 saturated carbocycles. The zero-order valence-electron chi connectivity index (χ0n) is 12.1. The molecule has 1 heterocycles. The van der Waals surface area contributed by atoms with E-state index in [4.69, 9.17) is 5.73 Å². The highest BCUT2D eigenvalue weighted by Crippen LogP contribution is 2.41. The molecule has 102 valence electrons. The minimum atomic E-state index is -0.0716. The van der Waals surface area contributed by atoms with Crippen molar-refractivity contribution in [3.8, 4) is 0 Å². The Morgan fingerprint density at radius 2 is 2.00 bits per heavy atom. The number of aromatic nitrogens is 3. The van der Waals surface area contributed by atoms with Crippen molar-refractivity contribution in [1.82, 2.24) is 15.0 Å². The average molecular weight is 250 g/mol. The minimum absolute atomic E-state index is 0.0716. The SMILES string of the molecule is Cn1cc(CC2(N)CCC(C(C)(C)C)CC2)nn1. The molecular weight excluding hydrogens is 224 g/mol. The molecule has 1 aromatic heterocycles. The standard InChI is InChI=1S/C14H26N4/c1-13(2,3)11-5-7-14(15,8-6-11)9-12-10-18(4)17-16-12/h10-11H,5-9,15H2,1-4H3. The Morgan fingerprint density at radius 3 is 2.44 bits per heavy atom. The van der Waals surface area contributed by atoms with Gasteiger partial charge in [-0.05, 0) is 37.0 Å². The predicted molar refractivity (Wildman–Crippen MR) is 73.0 cm³/mol. The maximum absolute atomic E-state index is 6.53. The maximum atomic E-state index is 6.53. The van der Waals surface area contributed by atoms with E-state index in [2.05, 4.69) is 31.1 Å². The fourth-order valence-corrected chi connectivity index (χ4v) is 3.07. The van der Waals surface area contributed by atoms with Gasteiger partial charge in [-0.25, -0.2) is 0 Å². The smallest absolute Gasteiger partial charge is 0.0845 e. The number of nitrogens with two attached hydrogens (primary N) is 1. The molecule has 0 amide bonds. The largest absolute Gasteiger partial charge is 0.325 e. The lowest BCUT2D eigenvalue weighted by atomic mass is 9.66. The number of rotatable bonds is 2. The van der Waals surface area contributed by atoms with Crippen molar-refractivity contribution in [2.45, 2.75) is 58.4 Å². The van der Waals surface area contributed by atoms with E-state index in [0.29, 0.717) is 5.41 Å². The molecule has 2 N–H and O–H groups in total. The van der Waals surface area contributed by atoms with E-state index >= 15 is 0 Å². The van der Waals surface area contributed by atoms with Gasteiger partial charge in [0.15, 0.2) is 0 Å². The number of hydrogen-bond acceptors (Lipinski definition) is 3. The predicted octanol–water partition coefficient (Wildman–Crippen LogP) is 2.29. The monoisotopic (exact) mass is 250 g/mol. The summed E-state index contributed by atoms with van der Waals surface area (Å²) >= 11 is 0. The van der Waals surface area contributed by atoms with Crippen molar-refractivity contribution in [2.75, 3.05) is 0 Å². The van der Waals surface area contributed by atoms with Gasteiger partial charge in [-0.2, -0.15) is 0 Å². The highest BCUT2D eigenvalue weighted by Gasteiger charge is 2.36. The van der Waals surface area contributed by atoms with E-state index in [9.17, 15) is 0 Å². The summed E-state index contributed by atoms with van der Waals surface area (Å²) in [6, 6.07) is 0. The second-order valence-corrected chi connectivity index (χ2v) is 7.06. The zero-order valence-corrected chi connectivity index (χ0v) is 12.1. The van der Waals surface area contributed by atoms with Gasteiger partial charge >= 0.3 is 0 Å². The Labute approximate surface area is 110 Å². The fourth-order valence-electron chi connectivity index (χ4n) is 3.07. The third kappa shape index (κ3) is 3.10. The Balaban J connectivity index is 1.95. The molecule has 0 unspecified atom stereocenters. The number of aryl methyl sites for hydroxylation is 1. The summed E-state index contributed by atoms with van der Waals surface area (Å²) in [7, 11) is 1.90. The van der Waals surface area contributed by atoms with Crippen LogP contribution in [0.3, 0.4) is 0 Å². The Morgan fingerprint density at radius 1 is 1.39 bits per heavy atom. The van der Waals surface area contributed by atoms with Crippen LogP contribution in [0.4, 0.5) is 0 Å². The molecule has 1 aliphatic carbocycles. The van der Waals surface area contributed by atoms with Crippen molar-refractivity contribution in [2.24, 2.45) is 24.1 Å². The van der Waals surface area contributed by atoms with Crippen molar-refractivity contribution >= 4 is 0 Å². The van der Waals surface area contributed by atoms with Crippen LogP contribution in [-0.4, -0.2) is 20.5 Å². The molecule has 1 fully saturated rings. The van der Waals surface area contributed by atoms with Crippen molar-refractivity contribution in [3.05, 3.63) is 11.9 Å². The van der Waals surface area contributed by atoms with Crippen LogP contribution in [0.25, 0.3) is 0 Å². The number of nitrogens with zero attached hydrogens (tertiary/aromatic N) is 3. The third-order valence-electron chi connectivity index (χ3n) is 4.39. The van der Waals surface area contributed by atoms with Crippen LogP contribution in [0, 0.1) is 11.3 Å². The Kier molecular flexibility index (Phi) is 3.49. The van der Waals surface area contributed by atoms with E-state index < -0.39 is 0 Å². The van der Waals surface area contributed by atoms with Crippen LogP contribution in [0.2, 0.25) is 0 Å². The van der Waals surface area contributed by atoms with Gasteiger partial charge < -0.3 is 5.73 Å². The first-order valence-electron chi connectivity index (χ1n) is 6.93. The summed E-state index contributed by atoms with van der Waals surface area (Å²) in [6.07, 6.45) is 7.51. The summed E-state index contributed by atoms with van der Waals surface area (Å²) < 4.78 is 1.75. The molecule has 2 rings (SSSR count). The molecule has 1 aromatic rings. The topological polar surface area (TPSA) is 56.7 Å². The van der Waals surface area contributed by atoms with Crippen LogP contribution in [0.1, 0.15) is 52.1 Å². The molecule has 0 atom stereocenters. The Hall–Kier alpha value is -0.900. The van der Waals surface area contributed by atoms with Crippen LogP contribution in [0.15, 0.2) is 6.20 Å². The molecular formula is C14H26N4. The van der Waals surface area contributed by atoms with E-state index in [1.54, 1.807) is 4.68 Å². The lowest BCUT2D eigenvalue weighted by molar-refractivity contribution is 0.133. The van der Waals surface area contributed by atoms with E-state index in [-0.39, 0.29) is 5.54 Å². The van der Waals surface area contributed by atoms with E-state index in [0.717, 1.165) is 30.9 Å². The first kappa shape index (κ1) is 13.5. The van der Waals surface area contributed by atoms with Gasteiger partial charge in [0, 0.05) is 25.2 Å². The molecule has 0 aromatic carbocycles. The molecule has 4 nitrogen and oxygen atoms in total. The Bertz CT molecular complexity index is 394. The normalized spacial score (nSPS) is 29.5. The molecule has 0 aliphatic heterocycles. The highest BCUT2D eigenvalue weighted by atomic mass is 15.4. The number of hydrogen-bond donors (Lipinski definition) is 1. The summed E-state index contributed by atoms with van der Waals surface area (Å²) in [5.74, 6) is 0.802. The van der Waals surface area contributed by atoms with Gasteiger partial charge in [-0.15, -0.1) is 5.10 Å². The molecule has 0 saturated heterocycles. The summed E-state index contributed by atoms with van der Waals surface area (Å²) in [5.41, 5.74) is 7.89. The fraction of sp³-hybridized carbons (Fsp3) is 0.857. The van der Waals surface area contributed by atoms with Crippen molar-refractivity contribution in [3.63, 3.8) is 0 Å². The summed E-state index contributed by atoms with van der Waals surface area (Å²) in [5, 5.41) is 8.13. The van der Waals surface area contributed by atoms with E-state index in [1.165, 1.54) is 12.8 Å². The summed E-state index contributed by atoms with van der Waals surface area (Å²) in [6.45, 7) is 7.01. The quantitative estimate of drug-likeness (QED) is 0.876. The van der Waals surface area contributed by atoms with E-state index in [1.807, 2.05) is 13.2 Å². The zero-order chi connectivity index (χ0) is 13.4. The summed E-state index contributed by atoms with van der Waals surface area (Å²) in [4.78, 5) is 0. The molecule has 0 bridgehead atoms. The first-order chi connectivity index (χ1) is 8.28. The molecule has 1 aliphatic rings. The van der Waals surface area contributed by atoms with Gasteiger partial charge in [0.2, 0.25) is 0 Å². The van der Waals surface area contributed by atoms with Gasteiger partial charge in [-0.1, -0.05) is 26.0 Å². The van der Waals surface area contributed by atoms with Crippen LogP contribution in [-0.2, 0) is 13.5 Å². The lowest BCUT2D eigenvalue weighted by Gasteiger charge is -2.41. The van der Waals surface area contributed by atoms with Crippen molar-refractivity contribution in [1.29, 1.82) is 0 Å². The van der Waals surface area contributed by atoms with Crippen LogP contribution < -0.4 is 5.73 Å². The van der Waals surface area contributed by atoms with Crippen LogP contribution in [0.5, 0.6) is 0 Å². The molecule has 0 spiro atoms. The highest BCUT2D eigenvalue weighted by molar-refractivity contribution is 5.04. The van der Waals surface area contributed by atoms with Crippen molar-refractivity contribution < 1.29 is 0 Å². The lowest BCUT2D eigenvalue weighted by Crippen LogP contribution is -2.46. The molecule has 18 heavy (non-hydrogen) atoms. The molecule has 4 heteroatoms. The maximum Gasteiger partial charge on any atom is 0.0845 e.